The third-order valence-electron chi connectivity index (χ3n) is 3.54. The predicted molar refractivity (Wildman–Crippen MR) is 89.6 cm³/mol. The van der Waals surface area contributed by atoms with E-state index in [1.807, 2.05) is 0 Å². The largest absolute Gasteiger partial charge is 0.465 e. The van der Waals surface area contributed by atoms with Crippen LogP contribution in [0.25, 0.3) is 11.2 Å². The first kappa shape index (κ1) is 19.1. The highest BCUT2D eigenvalue weighted by Crippen LogP contribution is 2.17. The number of esters is 2. The highest BCUT2D eigenvalue weighted by molar-refractivity contribution is 6.01. The number of ether oxygens (including phenoxy) is 2. The number of carbonyl (C=O) groups excluding carboxylic acids is 3. The first-order valence-corrected chi connectivity index (χ1v) is 7.82. The van der Waals surface area contributed by atoms with E-state index in [1.165, 1.54) is 20.2 Å². The number of hydrogen-bond acceptors (Lipinski definition) is 9. The Balaban J connectivity index is 2.16. The molecule has 2 heterocycles. The van der Waals surface area contributed by atoms with E-state index in [2.05, 4.69) is 15.0 Å². The third-order valence-corrected chi connectivity index (χ3v) is 3.54. The normalized spacial score (nSPS) is 10.9. The van der Waals surface area contributed by atoms with Gasteiger partial charge in [-0.1, -0.05) is 0 Å². The summed E-state index contributed by atoms with van der Waals surface area (Å²) in [5, 5.41) is 0. The molecule has 4 N–H and O–H groups in total. The number of amides is 1. The fourth-order valence-electron chi connectivity index (χ4n) is 2.30. The van der Waals surface area contributed by atoms with Gasteiger partial charge in [-0.2, -0.15) is 4.98 Å². The molecule has 0 aromatic carbocycles. The van der Waals surface area contributed by atoms with Crippen molar-refractivity contribution >= 4 is 35.0 Å². The number of rotatable bonds is 8. The lowest BCUT2D eigenvalue weighted by molar-refractivity contribution is -0.146. The van der Waals surface area contributed by atoms with E-state index in [-0.39, 0.29) is 36.3 Å². The molecule has 0 aliphatic rings. The van der Waals surface area contributed by atoms with Gasteiger partial charge in [-0.05, 0) is 6.42 Å². The third kappa shape index (κ3) is 4.88. The van der Waals surface area contributed by atoms with E-state index >= 15 is 0 Å². The molecule has 0 spiro atoms. The van der Waals surface area contributed by atoms with Crippen molar-refractivity contribution < 1.29 is 23.9 Å². The van der Waals surface area contributed by atoms with Gasteiger partial charge in [0.2, 0.25) is 5.95 Å². The lowest BCUT2D eigenvalue weighted by Gasteiger charge is -2.16. The van der Waals surface area contributed by atoms with Gasteiger partial charge in [0.1, 0.15) is 5.52 Å². The fourth-order valence-corrected chi connectivity index (χ4v) is 2.30. The number of primary amides is 1. The van der Waals surface area contributed by atoms with Crippen LogP contribution in [0.5, 0.6) is 0 Å². The molecule has 0 radical (unpaired) electrons. The number of nitrogens with two attached hydrogens (primary N) is 2. The molecule has 11 heteroatoms. The fraction of sp³-hybridized carbons (Fsp3) is 0.467. The zero-order valence-electron chi connectivity index (χ0n) is 14.5. The van der Waals surface area contributed by atoms with Crippen molar-refractivity contribution in [3.8, 4) is 0 Å². The number of anilines is 1. The Labute approximate surface area is 148 Å². The van der Waals surface area contributed by atoms with Crippen molar-refractivity contribution in [3.05, 3.63) is 12.0 Å². The minimum Gasteiger partial charge on any atom is -0.465 e. The van der Waals surface area contributed by atoms with Gasteiger partial charge in [-0.25, -0.2) is 9.97 Å². The molecule has 0 atom stereocenters. The van der Waals surface area contributed by atoms with E-state index in [0.29, 0.717) is 18.6 Å². The van der Waals surface area contributed by atoms with Crippen LogP contribution in [-0.2, 0) is 25.6 Å². The minimum absolute atomic E-state index is 0.0531. The first-order valence-electron chi connectivity index (χ1n) is 7.82. The molecular formula is C15H20N6O5. The standard InChI is InChI=1S/C15H20N6O5/c1-8(22)25-5-10(6-26-9(2)23)3-4-21-7-18-12-11(13(16)24)19-15(17)20-14(12)21/h7,10H,3-6H2,1-2H3,(H2,16,24)(H2,17,19,20). The lowest BCUT2D eigenvalue weighted by atomic mass is 10.1. The quantitative estimate of drug-likeness (QED) is 0.595. The Morgan fingerprint density at radius 2 is 1.77 bits per heavy atom. The molecule has 2 rings (SSSR count). The molecule has 1 amide bonds. The van der Waals surface area contributed by atoms with E-state index < -0.39 is 17.8 Å². The Bertz CT molecular complexity index is 815. The molecule has 2 aromatic rings. The van der Waals surface area contributed by atoms with E-state index in [0.717, 1.165) is 0 Å². The number of aryl methyl sites for hydroxylation is 1. The van der Waals surface area contributed by atoms with Crippen LogP contribution in [0.15, 0.2) is 6.33 Å². The minimum atomic E-state index is -0.753. The van der Waals surface area contributed by atoms with Crippen LogP contribution in [0.1, 0.15) is 30.8 Å². The van der Waals surface area contributed by atoms with Crippen LogP contribution >= 0.6 is 0 Å². The summed E-state index contributed by atoms with van der Waals surface area (Å²) in [4.78, 5) is 45.5. The predicted octanol–water partition coefficient (Wildman–Crippen LogP) is -0.360. The molecule has 26 heavy (non-hydrogen) atoms. The van der Waals surface area contributed by atoms with Crippen LogP contribution in [0.2, 0.25) is 0 Å². The summed E-state index contributed by atoms with van der Waals surface area (Å²) in [5.41, 5.74) is 11.5. The van der Waals surface area contributed by atoms with Crippen molar-refractivity contribution in [1.82, 2.24) is 19.5 Å². The second-order valence-corrected chi connectivity index (χ2v) is 5.66. The molecule has 2 aromatic heterocycles. The summed E-state index contributed by atoms with van der Waals surface area (Å²) >= 11 is 0. The first-order chi connectivity index (χ1) is 12.3. The SMILES string of the molecule is CC(=O)OCC(CCn1cnc2c(C(N)=O)nc(N)nc21)COC(C)=O. The Morgan fingerprint density at radius 3 is 2.31 bits per heavy atom. The summed E-state index contributed by atoms with van der Waals surface area (Å²) < 4.78 is 11.7. The summed E-state index contributed by atoms with van der Waals surface area (Å²) in [7, 11) is 0. The van der Waals surface area contributed by atoms with Crippen molar-refractivity contribution in [1.29, 1.82) is 0 Å². The zero-order valence-corrected chi connectivity index (χ0v) is 14.5. The number of aromatic nitrogens is 4. The number of carbonyl (C=O) groups is 3. The molecule has 0 fully saturated rings. The number of nitrogens with zero attached hydrogens (tertiary/aromatic N) is 4. The van der Waals surface area contributed by atoms with Gasteiger partial charge in [0, 0.05) is 26.3 Å². The molecule has 0 saturated heterocycles. The van der Waals surface area contributed by atoms with Crippen LogP contribution < -0.4 is 11.5 Å². The van der Waals surface area contributed by atoms with Gasteiger partial charge < -0.3 is 25.5 Å². The van der Waals surface area contributed by atoms with Crippen molar-refractivity contribution in [2.24, 2.45) is 11.7 Å². The highest BCUT2D eigenvalue weighted by atomic mass is 16.5. The number of fused-ring (bicyclic) bond motifs is 1. The maximum atomic E-state index is 11.5. The monoisotopic (exact) mass is 364 g/mol. The number of imidazole rings is 1. The number of nitrogen functional groups attached to an aromatic ring is 1. The van der Waals surface area contributed by atoms with Crippen molar-refractivity contribution in [2.75, 3.05) is 18.9 Å². The average Bonchev–Trinajstić information content (AvgIpc) is 2.95. The van der Waals surface area contributed by atoms with Crippen LogP contribution in [-0.4, -0.2) is 50.6 Å². The Morgan fingerprint density at radius 1 is 1.15 bits per heavy atom. The van der Waals surface area contributed by atoms with Gasteiger partial charge in [0.05, 0.1) is 19.5 Å². The zero-order chi connectivity index (χ0) is 19.3. The molecule has 0 saturated carbocycles. The topological polar surface area (TPSA) is 165 Å². The second-order valence-electron chi connectivity index (χ2n) is 5.66. The van der Waals surface area contributed by atoms with Crippen LogP contribution in [0.4, 0.5) is 5.95 Å². The smallest absolute Gasteiger partial charge is 0.302 e. The highest BCUT2D eigenvalue weighted by Gasteiger charge is 2.18. The van der Waals surface area contributed by atoms with Gasteiger partial charge in [-0.15, -0.1) is 0 Å². The molecule has 0 aliphatic heterocycles. The molecule has 0 unspecified atom stereocenters. The van der Waals surface area contributed by atoms with Gasteiger partial charge >= 0.3 is 11.9 Å². The summed E-state index contributed by atoms with van der Waals surface area (Å²) in [5.74, 6) is -1.90. The molecule has 0 aliphatic carbocycles. The van der Waals surface area contributed by atoms with Gasteiger partial charge in [0.25, 0.3) is 5.91 Å². The maximum absolute atomic E-state index is 11.5. The second kappa shape index (κ2) is 8.23. The molecule has 0 bridgehead atoms. The molecular weight excluding hydrogens is 344 g/mol. The van der Waals surface area contributed by atoms with Gasteiger partial charge in [-0.3, -0.25) is 14.4 Å². The van der Waals surface area contributed by atoms with Crippen molar-refractivity contribution in [2.45, 2.75) is 26.8 Å². The van der Waals surface area contributed by atoms with Crippen LogP contribution in [0.3, 0.4) is 0 Å². The summed E-state index contributed by atoms with van der Waals surface area (Å²) in [6.07, 6.45) is 1.99. The summed E-state index contributed by atoms with van der Waals surface area (Å²) in [6.45, 7) is 3.24. The van der Waals surface area contributed by atoms with Gasteiger partial charge in [0.15, 0.2) is 11.3 Å². The Hall–Kier alpha value is -3.24. The number of hydrogen-bond donors (Lipinski definition) is 2. The summed E-state index contributed by atoms with van der Waals surface area (Å²) in [6, 6.07) is 0. The van der Waals surface area contributed by atoms with E-state index in [9.17, 15) is 14.4 Å². The average molecular weight is 364 g/mol. The van der Waals surface area contributed by atoms with E-state index in [1.54, 1.807) is 4.57 Å². The maximum Gasteiger partial charge on any atom is 0.302 e. The molecule has 11 nitrogen and oxygen atoms in total. The lowest BCUT2D eigenvalue weighted by Crippen LogP contribution is -2.21. The van der Waals surface area contributed by atoms with E-state index in [4.69, 9.17) is 20.9 Å². The Kier molecular flexibility index (Phi) is 6.04. The van der Waals surface area contributed by atoms with Crippen LogP contribution in [0, 0.1) is 5.92 Å². The van der Waals surface area contributed by atoms with Crippen molar-refractivity contribution in [3.63, 3.8) is 0 Å². The molecule has 140 valence electrons.